The average Bonchev–Trinajstić information content (AvgIpc) is 0.921. The van der Waals surface area contributed by atoms with Gasteiger partial charge in [-0.05, 0) is 141 Å². The van der Waals surface area contributed by atoms with Crippen molar-refractivity contribution in [2.24, 2.45) is 11.5 Å². The molecular weight excluding hydrogens is 1900 g/mol. The molecule has 47 nitrogen and oxygen atoms in total. The maximum Gasteiger partial charge on any atom is 0.410 e. The van der Waals surface area contributed by atoms with Crippen LogP contribution in [0.3, 0.4) is 0 Å². The largest absolute Gasteiger partial charge is 0.481 e. The first-order valence-electron chi connectivity index (χ1n) is 50.5. The second-order valence-corrected chi connectivity index (χ2v) is 33.1. The Labute approximate surface area is 851 Å². The molecule has 145 heavy (non-hydrogen) atoms. The van der Waals surface area contributed by atoms with Crippen LogP contribution in [0.2, 0.25) is 0 Å². The molecule has 0 bridgehead atoms. The molecule has 2 aromatic carbocycles. The number of esters is 2. The molecule has 0 fully saturated rings. The Hall–Kier alpha value is -12.2. The molecule has 0 saturated heterocycles. The monoisotopic (exact) mass is 2060 g/mol. The van der Waals surface area contributed by atoms with E-state index in [4.69, 9.17) is 79.3 Å². The Morgan fingerprint density at radius 3 is 0.772 bits per heavy atom. The van der Waals surface area contributed by atoms with Gasteiger partial charge in [-0.2, -0.15) is 0 Å². The van der Waals surface area contributed by atoms with Crippen LogP contribution in [0.4, 0.5) is 19.2 Å². The van der Waals surface area contributed by atoms with Gasteiger partial charge in [0.2, 0.25) is 47.3 Å². The normalized spacial score (nSPS) is 10.6. The minimum absolute atomic E-state index is 0.0214. The molecule has 0 atom stereocenters. The first kappa shape index (κ1) is 133. The first-order chi connectivity index (χ1) is 70.0. The van der Waals surface area contributed by atoms with Crippen molar-refractivity contribution in [3.63, 3.8) is 0 Å². The van der Waals surface area contributed by atoms with E-state index in [0.29, 0.717) is 155 Å². The van der Waals surface area contributed by atoms with E-state index < -0.39 is 98.1 Å². The van der Waals surface area contributed by atoms with Gasteiger partial charge in [0.05, 0.1) is 65.9 Å². The highest BCUT2D eigenvalue weighted by Gasteiger charge is 2.25. The van der Waals surface area contributed by atoms with Crippen molar-refractivity contribution < 1.29 is 154 Å². The van der Waals surface area contributed by atoms with Crippen molar-refractivity contribution in [3.8, 4) is 0 Å². The number of nitrogens with two attached hydrogens (primary N) is 2. The molecule has 0 radical (unpaired) electrons. The van der Waals surface area contributed by atoms with E-state index in [1.165, 1.54) is 4.90 Å². The molecule has 0 aliphatic rings. The third-order valence-electron chi connectivity index (χ3n) is 20.7. The highest BCUT2D eigenvalue weighted by molar-refractivity contribution is 5.88. The summed E-state index contributed by atoms with van der Waals surface area (Å²) in [4.78, 5) is 219. The van der Waals surface area contributed by atoms with Gasteiger partial charge in [0.25, 0.3) is 0 Å². The van der Waals surface area contributed by atoms with Crippen molar-refractivity contribution in [2.75, 3.05) is 210 Å². The standard InChI is InChI=1S/C40H74N8O14.C30H41N3O6.C28H50N4O12/c41-17-9-1-5-13-33(49)45-21-23-47(24-22-46-34(50)14-6-2-10-18-42)39(57)61-29-27-59-25-26-60-28-30-62-40(58)48(31-35(51)43-19-11-3-7-15-37(53)54)32-36(52)44-20-12-4-8-16-38(55)56;34-27(32-19-11-3-9-17-29(36)38-23-25-13-5-1-6-14-25)21-31-22-28(35)33-20-12-4-10-18-30(37)39-24-26-15-7-2-8-16-26;1-3-31(4-2)27(39)43-19-17-41-15-16-42-18-20-44-28(40)32(21-23(33)29-13-9-5-7-11-25(35)36)22-24(34)30-14-10-6-8-12-26(37)38/h1-32,41-42H2,(H,43,51)(H,44,52)(H,45,49)(H,46,50)(H,53,54)(H,55,56);1-2,5-8,13-16,31H,3-4,9-12,17-24H2,(H,32,34)(H,33,35);3-22H2,1-2H3,(H,29,33)(H,30,34)(H,35,36)(H,37,38). The number of rotatable bonds is 88. The fourth-order valence-corrected chi connectivity index (χ4v) is 12.7. The smallest absolute Gasteiger partial charge is 0.410 e. The van der Waals surface area contributed by atoms with E-state index in [9.17, 15) is 86.3 Å². The lowest BCUT2D eigenvalue weighted by molar-refractivity contribution is -0.146. The van der Waals surface area contributed by atoms with Crippen molar-refractivity contribution in [2.45, 2.75) is 233 Å². The lowest BCUT2D eigenvalue weighted by Gasteiger charge is -2.22. The predicted octanol–water partition coefficient (Wildman–Crippen LogP) is 5.56. The van der Waals surface area contributed by atoms with E-state index in [1.807, 2.05) is 74.5 Å². The second kappa shape index (κ2) is 94.1. The Kier molecular flexibility index (Phi) is 86.2. The van der Waals surface area contributed by atoms with E-state index in [-0.39, 0.29) is 219 Å². The lowest BCUT2D eigenvalue weighted by Crippen LogP contribution is -2.46. The average molecular weight is 2070 g/mol. The van der Waals surface area contributed by atoms with Gasteiger partial charge in [0.15, 0.2) is 0 Å². The minimum atomic E-state index is -0.921. The Morgan fingerprint density at radius 2 is 0.497 bits per heavy atom. The minimum Gasteiger partial charge on any atom is -0.481 e. The number of carbonyl (C=O) groups excluding carboxylic acids is 14. The topological polar surface area (TPSA) is 654 Å². The zero-order valence-corrected chi connectivity index (χ0v) is 85.1. The summed E-state index contributed by atoms with van der Waals surface area (Å²) in [6.07, 6.45) is 14.7. The quantitative estimate of drug-likeness (QED) is 0.0219. The highest BCUT2D eigenvalue weighted by atomic mass is 16.6. The molecule has 0 aromatic heterocycles. The fraction of sp³-hybridized carbons (Fsp3) is 0.694. The molecule has 0 saturated carbocycles. The number of hydrogen-bond acceptors (Lipinski definition) is 31. The summed E-state index contributed by atoms with van der Waals surface area (Å²) in [5.41, 5.74) is 12.9. The molecule has 0 heterocycles. The molecule has 2 aromatic rings. The number of carboxylic acids is 4. The fourth-order valence-electron chi connectivity index (χ4n) is 12.7. The summed E-state index contributed by atoms with van der Waals surface area (Å²) in [7, 11) is 0. The van der Waals surface area contributed by atoms with E-state index >= 15 is 0 Å². The molecule has 0 unspecified atom stereocenters. The van der Waals surface area contributed by atoms with Gasteiger partial charge in [-0.25, -0.2) is 19.2 Å². The van der Waals surface area contributed by atoms with E-state index in [1.54, 1.807) is 4.90 Å². The van der Waals surface area contributed by atoms with Gasteiger partial charge < -0.3 is 132 Å². The SMILES string of the molecule is CCN(CC)C(=O)OCCOCCOCCOC(=O)N(CC(=O)NCCCCCC(=O)O)CC(=O)NCCCCCC(=O)O.NCCCCCC(=O)NCCN(CCNC(=O)CCCCCN)C(=O)OCCOCCOCCOC(=O)N(CC(=O)NCCCCCC(=O)O)CC(=O)NCCCCCC(=O)O.O=C(CNCC(=O)NCCCCCC(=O)OCc1ccccc1)NCCCCCC(=O)OCc1ccccc1. The van der Waals surface area contributed by atoms with Crippen LogP contribution in [0.1, 0.15) is 230 Å². The number of carboxylic acid groups (broad SMARTS) is 4. The number of benzene rings is 2. The van der Waals surface area contributed by atoms with Crippen LogP contribution in [-0.4, -0.2) is 358 Å². The third-order valence-corrected chi connectivity index (χ3v) is 20.7. The second-order valence-electron chi connectivity index (χ2n) is 33.1. The van der Waals surface area contributed by atoms with Gasteiger partial charge in [0, 0.05) is 130 Å². The van der Waals surface area contributed by atoms with Crippen LogP contribution < -0.4 is 59.3 Å². The Balaban J connectivity index is 0.00000221. The van der Waals surface area contributed by atoms with Crippen LogP contribution in [0.5, 0.6) is 0 Å². The maximum atomic E-state index is 12.9. The summed E-state index contributed by atoms with van der Waals surface area (Å²) in [5.74, 6) is -6.68. The van der Waals surface area contributed by atoms with Crippen molar-refractivity contribution in [1.29, 1.82) is 0 Å². The third kappa shape index (κ3) is 87.0. The van der Waals surface area contributed by atoms with Gasteiger partial charge in [-0.1, -0.05) is 112 Å². The van der Waals surface area contributed by atoms with Gasteiger partial charge in [0.1, 0.15) is 65.8 Å². The van der Waals surface area contributed by atoms with Crippen molar-refractivity contribution >= 4 is 107 Å². The van der Waals surface area contributed by atoms with Crippen LogP contribution in [0.15, 0.2) is 60.7 Å². The number of nitrogens with zero attached hydrogens (tertiary/aromatic N) is 4. The summed E-state index contributed by atoms with van der Waals surface area (Å²) >= 11 is 0. The molecular formula is C98H165N15O32. The van der Waals surface area contributed by atoms with Gasteiger partial charge in [-0.15, -0.1) is 0 Å². The molecule has 17 N–H and O–H groups in total. The molecule has 47 heteroatoms. The number of amides is 12. The molecule has 0 aliphatic carbocycles. The Morgan fingerprint density at radius 1 is 0.255 bits per heavy atom. The van der Waals surface area contributed by atoms with Gasteiger partial charge in [-0.3, -0.25) is 82.2 Å². The van der Waals surface area contributed by atoms with Crippen molar-refractivity contribution in [1.82, 2.24) is 67.5 Å². The summed E-state index contributed by atoms with van der Waals surface area (Å²) in [6.45, 7) is 8.48. The first-order valence-corrected chi connectivity index (χ1v) is 50.5. The summed E-state index contributed by atoms with van der Waals surface area (Å²) in [6, 6.07) is 19.1. The van der Waals surface area contributed by atoms with Crippen LogP contribution in [0.25, 0.3) is 0 Å². The van der Waals surface area contributed by atoms with Crippen LogP contribution in [-0.2, 0) is 128 Å². The lowest BCUT2D eigenvalue weighted by atomic mass is 10.2. The number of aliphatic carboxylic acids is 4. The van der Waals surface area contributed by atoms with Crippen molar-refractivity contribution in [3.05, 3.63) is 71.8 Å². The highest BCUT2D eigenvalue weighted by Crippen LogP contribution is 2.11. The molecule has 12 amide bonds. The zero-order chi connectivity index (χ0) is 107. The molecule has 824 valence electrons. The van der Waals surface area contributed by atoms with Crippen LogP contribution in [0, 0.1) is 0 Å². The molecule has 0 spiro atoms. The predicted molar refractivity (Wildman–Crippen MR) is 532 cm³/mol. The molecule has 0 aliphatic heterocycles. The Bertz CT molecular complexity index is 3690. The summed E-state index contributed by atoms with van der Waals surface area (Å²) in [5, 5.41) is 59.5. The number of unbranched alkanes of at least 4 members (excludes halogenated alkanes) is 16. The van der Waals surface area contributed by atoms with E-state index in [2.05, 4.69) is 47.9 Å². The maximum absolute atomic E-state index is 12.9. The van der Waals surface area contributed by atoms with Crippen LogP contribution >= 0.6 is 0 Å². The number of hydrogen-bond donors (Lipinski definition) is 15. The van der Waals surface area contributed by atoms with Gasteiger partial charge >= 0.3 is 60.2 Å². The number of nitrogens with one attached hydrogen (secondary N) is 9. The van der Waals surface area contributed by atoms with E-state index in [0.717, 1.165) is 85.1 Å². The zero-order valence-electron chi connectivity index (χ0n) is 85.1. The number of carbonyl (C=O) groups is 18. The summed E-state index contributed by atoms with van der Waals surface area (Å²) < 4.78 is 52.9. The molecule has 2 rings (SSSR count). The number of ether oxygens (including phenoxy) is 10.